The van der Waals surface area contributed by atoms with Crippen molar-refractivity contribution in [3.63, 3.8) is 0 Å². The summed E-state index contributed by atoms with van der Waals surface area (Å²) in [4.78, 5) is 11.4. The first kappa shape index (κ1) is 16.0. The third kappa shape index (κ3) is 4.28. The molecule has 5 nitrogen and oxygen atoms in total. The van der Waals surface area contributed by atoms with Crippen LogP contribution in [-0.2, 0) is 11.2 Å². The summed E-state index contributed by atoms with van der Waals surface area (Å²) in [7, 11) is 1.84. The van der Waals surface area contributed by atoms with E-state index in [1.54, 1.807) is 11.3 Å². The summed E-state index contributed by atoms with van der Waals surface area (Å²) < 4.78 is 5.59. The molecule has 0 saturated carbocycles. The molecule has 0 aliphatic carbocycles. The fourth-order valence-electron chi connectivity index (χ4n) is 1.95. The van der Waals surface area contributed by atoms with Gasteiger partial charge in [-0.3, -0.25) is 0 Å². The van der Waals surface area contributed by atoms with Gasteiger partial charge >= 0.3 is 0 Å². The number of rotatable bonds is 8. The van der Waals surface area contributed by atoms with Crippen molar-refractivity contribution in [1.29, 1.82) is 0 Å². The highest BCUT2D eigenvalue weighted by molar-refractivity contribution is 7.18. The Balaban J connectivity index is 2.08. The molecule has 0 aromatic carbocycles. The van der Waals surface area contributed by atoms with Gasteiger partial charge in [0.15, 0.2) is 0 Å². The van der Waals surface area contributed by atoms with Crippen molar-refractivity contribution in [2.45, 2.75) is 27.2 Å². The molecule has 0 atom stereocenters. The van der Waals surface area contributed by atoms with Gasteiger partial charge in [0.1, 0.15) is 10.6 Å². The largest absolute Gasteiger partial charge is 0.379 e. The van der Waals surface area contributed by atoms with Gasteiger partial charge in [0.25, 0.3) is 0 Å². The minimum absolute atomic E-state index is 0.565. The Kier molecular flexibility index (Phi) is 5.76. The minimum Gasteiger partial charge on any atom is -0.379 e. The second kappa shape index (κ2) is 7.56. The molecule has 0 fully saturated rings. The van der Waals surface area contributed by atoms with Crippen molar-refractivity contribution in [2.75, 3.05) is 37.4 Å². The highest BCUT2D eigenvalue weighted by atomic mass is 32.1. The first-order valence-corrected chi connectivity index (χ1v) is 8.25. The number of nitrogens with zero attached hydrogens (tertiary/aromatic N) is 2. The maximum absolute atomic E-state index is 5.59. The number of hydrogen-bond donors (Lipinski definition) is 2. The zero-order valence-electron chi connectivity index (χ0n) is 13.2. The molecule has 2 N–H and O–H groups in total. The summed E-state index contributed by atoms with van der Waals surface area (Å²) in [6.07, 6.45) is 1.02. The van der Waals surface area contributed by atoms with Gasteiger partial charge in [0.2, 0.25) is 5.95 Å². The summed E-state index contributed by atoms with van der Waals surface area (Å²) in [5.74, 6) is 2.10. The quantitative estimate of drug-likeness (QED) is 0.732. The van der Waals surface area contributed by atoms with E-state index in [4.69, 9.17) is 4.74 Å². The molecule has 0 aliphatic heterocycles. The maximum atomic E-state index is 5.59. The Hall–Kier alpha value is -1.40. The fourth-order valence-corrected chi connectivity index (χ4v) is 2.92. The van der Waals surface area contributed by atoms with Crippen molar-refractivity contribution in [3.8, 4) is 0 Å². The summed E-state index contributed by atoms with van der Waals surface area (Å²) in [5.41, 5.74) is 0. The van der Waals surface area contributed by atoms with Crippen molar-refractivity contribution >= 4 is 33.3 Å². The lowest BCUT2D eigenvalue weighted by atomic mass is 10.2. The first-order chi connectivity index (χ1) is 10.1. The van der Waals surface area contributed by atoms with E-state index in [0.717, 1.165) is 35.6 Å². The van der Waals surface area contributed by atoms with E-state index < -0.39 is 0 Å². The summed E-state index contributed by atoms with van der Waals surface area (Å²) in [6.45, 7) is 8.68. The molecule has 0 unspecified atom stereocenters. The van der Waals surface area contributed by atoms with Crippen LogP contribution in [0.15, 0.2) is 6.07 Å². The zero-order valence-corrected chi connectivity index (χ0v) is 14.0. The molecule has 116 valence electrons. The van der Waals surface area contributed by atoms with Gasteiger partial charge < -0.3 is 15.4 Å². The van der Waals surface area contributed by atoms with Crippen LogP contribution >= 0.6 is 11.3 Å². The van der Waals surface area contributed by atoms with E-state index in [1.165, 1.54) is 4.88 Å². The summed E-state index contributed by atoms with van der Waals surface area (Å²) in [6, 6.07) is 2.18. The third-order valence-corrected chi connectivity index (χ3v) is 4.18. The van der Waals surface area contributed by atoms with Crippen LogP contribution in [0.25, 0.3) is 10.2 Å². The highest BCUT2D eigenvalue weighted by Crippen LogP contribution is 2.30. The normalized spacial score (nSPS) is 11.3. The number of fused-ring (bicyclic) bond motifs is 1. The Bertz CT molecular complexity index is 582. The van der Waals surface area contributed by atoms with E-state index >= 15 is 0 Å². The zero-order chi connectivity index (χ0) is 15.2. The molecule has 2 rings (SSSR count). The first-order valence-electron chi connectivity index (χ1n) is 7.43. The molecular formula is C15H24N4OS. The number of nitrogens with one attached hydrogen (secondary N) is 2. The molecule has 2 heterocycles. The topological polar surface area (TPSA) is 59.1 Å². The molecule has 0 aliphatic rings. The number of thiophene rings is 1. The highest BCUT2D eigenvalue weighted by Gasteiger charge is 2.10. The molecule has 0 bridgehead atoms. The van der Waals surface area contributed by atoms with Crippen LogP contribution in [-0.4, -0.2) is 36.8 Å². The average molecular weight is 308 g/mol. The number of hydrogen-bond acceptors (Lipinski definition) is 6. The van der Waals surface area contributed by atoms with Gasteiger partial charge in [-0.1, -0.05) is 20.8 Å². The maximum Gasteiger partial charge on any atom is 0.225 e. The van der Waals surface area contributed by atoms with Gasteiger partial charge in [-0.2, -0.15) is 4.98 Å². The molecule has 2 aromatic rings. The van der Waals surface area contributed by atoms with E-state index in [0.29, 0.717) is 18.5 Å². The lowest BCUT2D eigenvalue weighted by Gasteiger charge is -2.10. The van der Waals surface area contributed by atoms with E-state index in [1.807, 2.05) is 7.05 Å². The monoisotopic (exact) mass is 308 g/mol. The number of aromatic nitrogens is 2. The van der Waals surface area contributed by atoms with Gasteiger partial charge in [-0.05, 0) is 18.4 Å². The van der Waals surface area contributed by atoms with E-state index in [9.17, 15) is 0 Å². The van der Waals surface area contributed by atoms with Gasteiger partial charge in [0.05, 0.1) is 12.0 Å². The van der Waals surface area contributed by atoms with Crippen LogP contribution in [0.1, 0.15) is 25.6 Å². The van der Waals surface area contributed by atoms with Crippen LogP contribution in [0.5, 0.6) is 0 Å². The number of aryl methyl sites for hydroxylation is 1. The SMILES string of the molecule is CCc1cc2c(NCCOCC(C)C)nc(NC)nc2s1. The molecule has 0 radical (unpaired) electrons. The molecule has 0 amide bonds. The van der Waals surface area contributed by atoms with Crippen LogP contribution in [0.4, 0.5) is 11.8 Å². The second-order valence-corrected chi connectivity index (χ2v) is 6.44. The van der Waals surface area contributed by atoms with Crippen molar-refractivity contribution in [3.05, 3.63) is 10.9 Å². The molecular weight excluding hydrogens is 284 g/mol. The molecule has 2 aromatic heterocycles. The van der Waals surface area contributed by atoms with Crippen LogP contribution < -0.4 is 10.6 Å². The minimum atomic E-state index is 0.565. The second-order valence-electron chi connectivity index (χ2n) is 5.33. The molecule has 0 saturated heterocycles. The van der Waals surface area contributed by atoms with Gasteiger partial charge in [-0.15, -0.1) is 11.3 Å². The van der Waals surface area contributed by atoms with E-state index in [-0.39, 0.29) is 0 Å². The Morgan fingerprint density at radius 2 is 2.14 bits per heavy atom. The lowest BCUT2D eigenvalue weighted by Crippen LogP contribution is -2.13. The van der Waals surface area contributed by atoms with Crippen molar-refractivity contribution in [2.24, 2.45) is 5.92 Å². The predicted molar refractivity (Wildman–Crippen MR) is 90.5 cm³/mol. The predicted octanol–water partition coefficient (Wildman–Crippen LogP) is 3.38. The number of ether oxygens (including phenoxy) is 1. The summed E-state index contributed by atoms with van der Waals surface area (Å²) in [5, 5.41) is 7.48. The van der Waals surface area contributed by atoms with Crippen LogP contribution in [0, 0.1) is 5.92 Å². The standard InChI is InChI=1S/C15H24N4OS/c1-5-11-8-12-13(17-6-7-20-9-10(2)3)18-15(16-4)19-14(12)21-11/h8,10H,5-7,9H2,1-4H3,(H2,16,17,18,19). The van der Waals surface area contributed by atoms with Crippen molar-refractivity contribution in [1.82, 2.24) is 9.97 Å². The van der Waals surface area contributed by atoms with Gasteiger partial charge in [-0.25, -0.2) is 4.98 Å². The third-order valence-electron chi connectivity index (χ3n) is 3.01. The Labute approximate surface area is 130 Å². The average Bonchev–Trinajstić information content (AvgIpc) is 2.89. The van der Waals surface area contributed by atoms with Gasteiger partial charge in [0, 0.05) is 25.1 Å². The Morgan fingerprint density at radius 3 is 2.81 bits per heavy atom. The Morgan fingerprint density at radius 1 is 1.33 bits per heavy atom. The lowest BCUT2D eigenvalue weighted by molar-refractivity contribution is 0.118. The fraction of sp³-hybridized carbons (Fsp3) is 0.600. The smallest absolute Gasteiger partial charge is 0.225 e. The van der Waals surface area contributed by atoms with Crippen molar-refractivity contribution < 1.29 is 4.74 Å². The molecule has 6 heteroatoms. The number of anilines is 2. The molecule has 0 spiro atoms. The van der Waals surface area contributed by atoms with E-state index in [2.05, 4.69) is 47.4 Å². The van der Waals surface area contributed by atoms with Crippen LogP contribution in [0.2, 0.25) is 0 Å². The summed E-state index contributed by atoms with van der Waals surface area (Å²) >= 11 is 1.73. The van der Waals surface area contributed by atoms with Crippen LogP contribution in [0.3, 0.4) is 0 Å². The molecule has 21 heavy (non-hydrogen) atoms.